The normalized spacial score (nSPS) is 18.3. The monoisotopic (exact) mass is 479 g/mol. The lowest BCUT2D eigenvalue weighted by molar-refractivity contribution is 0.585. The minimum atomic E-state index is -0.199. The van der Waals surface area contributed by atoms with E-state index in [1.165, 1.54) is 6.07 Å². The molecule has 0 spiro atoms. The number of hydrogen-bond donors (Lipinski definition) is 1. The highest BCUT2D eigenvalue weighted by Gasteiger charge is 2.28. The number of rotatable bonds is 4. The minimum Gasteiger partial charge on any atom is -0.354 e. The number of benzene rings is 1. The molecule has 2 fully saturated rings. The van der Waals surface area contributed by atoms with Gasteiger partial charge in [0.15, 0.2) is 5.65 Å². The third-order valence-electron chi connectivity index (χ3n) is 6.57. The molecule has 1 N–H and O–H groups in total. The molecule has 7 nitrogen and oxygen atoms in total. The summed E-state index contributed by atoms with van der Waals surface area (Å²) in [7, 11) is 0. The van der Waals surface area contributed by atoms with E-state index in [-0.39, 0.29) is 24.3 Å². The van der Waals surface area contributed by atoms with Crippen LogP contribution in [0.15, 0.2) is 60.8 Å². The van der Waals surface area contributed by atoms with Gasteiger partial charge in [-0.3, -0.25) is 0 Å². The van der Waals surface area contributed by atoms with Crippen LogP contribution in [0.4, 0.5) is 16.0 Å². The van der Waals surface area contributed by atoms with Crippen LogP contribution in [0, 0.1) is 5.82 Å². The van der Waals surface area contributed by atoms with Crippen molar-refractivity contribution in [3.63, 3.8) is 0 Å². The van der Waals surface area contributed by atoms with Gasteiger partial charge in [0.2, 0.25) is 0 Å². The van der Waals surface area contributed by atoms with Crippen molar-refractivity contribution < 1.29 is 4.39 Å². The molecule has 1 atom stereocenters. The Morgan fingerprint density at radius 2 is 1.79 bits per heavy atom. The van der Waals surface area contributed by atoms with Crippen molar-refractivity contribution in [2.24, 2.45) is 0 Å². The number of nitrogens with zero attached hydrogens (tertiary/aromatic N) is 6. The number of pyridine rings is 1. The Balaban J connectivity index is 0.00000241. The first-order chi connectivity index (χ1) is 16.3. The molecule has 1 aromatic carbocycles. The van der Waals surface area contributed by atoms with E-state index in [9.17, 15) is 4.39 Å². The van der Waals surface area contributed by atoms with Gasteiger partial charge in [-0.2, -0.15) is 0 Å². The molecule has 0 saturated carbocycles. The lowest BCUT2D eigenvalue weighted by Crippen LogP contribution is -2.43. The Bertz CT molecular complexity index is 1290. The number of piperazine rings is 1. The van der Waals surface area contributed by atoms with Crippen molar-refractivity contribution in [2.75, 3.05) is 42.5 Å². The maximum absolute atomic E-state index is 13.9. The Hall–Kier alpha value is -3.23. The van der Waals surface area contributed by atoms with E-state index in [0.29, 0.717) is 0 Å². The van der Waals surface area contributed by atoms with E-state index >= 15 is 0 Å². The van der Waals surface area contributed by atoms with Crippen molar-refractivity contribution in [3.05, 3.63) is 72.2 Å². The molecule has 3 aromatic heterocycles. The zero-order chi connectivity index (χ0) is 22.2. The van der Waals surface area contributed by atoms with E-state index in [1.54, 1.807) is 12.1 Å². The summed E-state index contributed by atoms with van der Waals surface area (Å²) < 4.78 is 15.7. The predicted octanol–water partition coefficient (Wildman–Crippen LogP) is 4.10. The Kier molecular flexibility index (Phi) is 6.34. The van der Waals surface area contributed by atoms with E-state index in [1.807, 2.05) is 41.0 Å². The highest BCUT2D eigenvalue weighted by Crippen LogP contribution is 2.35. The van der Waals surface area contributed by atoms with Crippen LogP contribution >= 0.6 is 12.4 Å². The quantitative estimate of drug-likeness (QED) is 0.475. The summed E-state index contributed by atoms with van der Waals surface area (Å²) in [6.07, 6.45) is 3.87. The Morgan fingerprint density at radius 1 is 0.941 bits per heavy atom. The predicted molar refractivity (Wildman–Crippen MR) is 134 cm³/mol. The molecule has 34 heavy (non-hydrogen) atoms. The average Bonchev–Trinajstić information content (AvgIpc) is 3.52. The largest absolute Gasteiger partial charge is 0.354 e. The average molecular weight is 480 g/mol. The molecule has 0 bridgehead atoms. The van der Waals surface area contributed by atoms with Crippen LogP contribution in [-0.2, 0) is 0 Å². The van der Waals surface area contributed by atoms with E-state index in [2.05, 4.69) is 26.2 Å². The molecular formula is C25H27ClFN7. The number of aromatic nitrogens is 4. The molecule has 1 unspecified atom stereocenters. The lowest BCUT2D eigenvalue weighted by Gasteiger charge is -2.28. The maximum Gasteiger partial charge on any atom is 0.154 e. The summed E-state index contributed by atoms with van der Waals surface area (Å²) in [5, 5.41) is 8.34. The summed E-state index contributed by atoms with van der Waals surface area (Å²) >= 11 is 0. The third kappa shape index (κ3) is 4.19. The second kappa shape index (κ2) is 9.56. The summed E-state index contributed by atoms with van der Waals surface area (Å²) in [5.74, 6) is 1.65. The van der Waals surface area contributed by atoms with Crippen LogP contribution in [0.1, 0.15) is 24.4 Å². The molecule has 5 heterocycles. The Morgan fingerprint density at radius 3 is 2.65 bits per heavy atom. The van der Waals surface area contributed by atoms with Gasteiger partial charge >= 0.3 is 0 Å². The molecular weight excluding hydrogens is 453 g/mol. The SMILES string of the molecule is Cl.Fc1cccc(C2CCCN2c2ccc3ncc(-c4cccc(N5CCNCC5)n4)n3n2)c1. The van der Waals surface area contributed by atoms with Gasteiger partial charge in [-0.25, -0.2) is 18.9 Å². The minimum absolute atomic E-state index is 0. The molecule has 0 aliphatic carbocycles. The lowest BCUT2D eigenvalue weighted by atomic mass is 10.0. The van der Waals surface area contributed by atoms with Crippen molar-refractivity contribution in [2.45, 2.75) is 18.9 Å². The van der Waals surface area contributed by atoms with Crippen molar-refractivity contribution in [1.82, 2.24) is 24.9 Å². The van der Waals surface area contributed by atoms with Gasteiger partial charge in [-0.05, 0) is 54.8 Å². The van der Waals surface area contributed by atoms with Crippen LogP contribution in [0.5, 0.6) is 0 Å². The Labute approximate surface area is 204 Å². The van der Waals surface area contributed by atoms with Gasteiger partial charge in [0.25, 0.3) is 0 Å². The number of anilines is 2. The van der Waals surface area contributed by atoms with Crippen LogP contribution in [0.3, 0.4) is 0 Å². The second-order valence-corrected chi connectivity index (χ2v) is 8.63. The first kappa shape index (κ1) is 22.6. The molecule has 9 heteroatoms. The zero-order valence-corrected chi connectivity index (χ0v) is 19.6. The van der Waals surface area contributed by atoms with Gasteiger partial charge in [0, 0.05) is 32.7 Å². The fourth-order valence-electron chi connectivity index (χ4n) is 4.93. The summed E-state index contributed by atoms with van der Waals surface area (Å²) in [4.78, 5) is 14.1. The van der Waals surface area contributed by atoms with Crippen molar-refractivity contribution >= 4 is 29.7 Å². The molecule has 176 valence electrons. The summed E-state index contributed by atoms with van der Waals surface area (Å²) in [6.45, 7) is 4.72. The topological polar surface area (TPSA) is 61.6 Å². The standard InChI is InChI=1S/C25H26FN7.ClH/c26-19-5-1-4-18(16-19)21-7-3-13-32(21)25-10-9-23-28-17-22(33(23)30-25)20-6-2-8-24(29-20)31-14-11-27-12-15-31;/h1-2,4-6,8-10,16-17,21,27H,3,7,11-15H2;1H. The fraction of sp³-hybridized carbons (Fsp3) is 0.320. The first-order valence-electron chi connectivity index (χ1n) is 11.6. The maximum atomic E-state index is 13.9. The van der Waals surface area contributed by atoms with Crippen LogP contribution in [0.2, 0.25) is 0 Å². The third-order valence-corrected chi connectivity index (χ3v) is 6.57. The summed E-state index contributed by atoms with van der Waals surface area (Å²) in [6, 6.07) is 17.1. The number of nitrogens with one attached hydrogen (secondary N) is 1. The van der Waals surface area contributed by atoms with Crippen LogP contribution in [0.25, 0.3) is 17.0 Å². The van der Waals surface area contributed by atoms with Gasteiger partial charge in [0.1, 0.15) is 23.1 Å². The zero-order valence-electron chi connectivity index (χ0n) is 18.8. The van der Waals surface area contributed by atoms with Gasteiger partial charge in [-0.15, -0.1) is 17.5 Å². The van der Waals surface area contributed by atoms with Gasteiger partial charge < -0.3 is 15.1 Å². The highest BCUT2D eigenvalue weighted by molar-refractivity contribution is 5.85. The molecule has 0 amide bonds. The van der Waals surface area contributed by atoms with E-state index in [0.717, 1.165) is 79.8 Å². The number of fused-ring (bicyclic) bond motifs is 1. The smallest absolute Gasteiger partial charge is 0.154 e. The first-order valence-corrected chi connectivity index (χ1v) is 11.6. The highest BCUT2D eigenvalue weighted by atomic mass is 35.5. The molecule has 2 aliphatic heterocycles. The van der Waals surface area contributed by atoms with Gasteiger partial charge in [0.05, 0.1) is 17.9 Å². The molecule has 4 aromatic rings. The van der Waals surface area contributed by atoms with Gasteiger partial charge in [-0.1, -0.05) is 18.2 Å². The number of halogens is 2. The number of imidazole rings is 1. The summed E-state index contributed by atoms with van der Waals surface area (Å²) in [5.41, 5.74) is 3.49. The van der Waals surface area contributed by atoms with Crippen LogP contribution in [-0.4, -0.2) is 52.3 Å². The molecule has 2 saturated heterocycles. The van der Waals surface area contributed by atoms with Crippen LogP contribution < -0.4 is 15.1 Å². The van der Waals surface area contributed by atoms with Crippen molar-refractivity contribution in [3.8, 4) is 11.4 Å². The second-order valence-electron chi connectivity index (χ2n) is 8.63. The molecule has 0 radical (unpaired) electrons. The molecule has 2 aliphatic rings. The number of hydrogen-bond acceptors (Lipinski definition) is 6. The van der Waals surface area contributed by atoms with E-state index in [4.69, 9.17) is 10.1 Å². The van der Waals surface area contributed by atoms with Crippen molar-refractivity contribution in [1.29, 1.82) is 0 Å². The van der Waals surface area contributed by atoms with E-state index < -0.39 is 0 Å². The molecule has 6 rings (SSSR count). The fourth-order valence-corrected chi connectivity index (χ4v) is 4.93.